The summed E-state index contributed by atoms with van der Waals surface area (Å²) < 4.78 is 0. The van der Waals surface area contributed by atoms with Gasteiger partial charge < -0.3 is 10.6 Å². The number of rotatable bonds is 5. The molecule has 0 fully saturated rings. The number of nitrogens with zero attached hydrogens (tertiary/aromatic N) is 3. The van der Waals surface area contributed by atoms with Crippen LogP contribution in [0.25, 0.3) is 10.9 Å². The van der Waals surface area contributed by atoms with Crippen LogP contribution >= 0.6 is 0 Å². The number of hydrogen-bond donors (Lipinski definition) is 2. The van der Waals surface area contributed by atoms with Crippen LogP contribution in [0.3, 0.4) is 0 Å². The Morgan fingerprint density at radius 1 is 0.885 bits per heavy atom. The fourth-order valence-corrected chi connectivity index (χ4v) is 2.79. The van der Waals surface area contributed by atoms with Crippen LogP contribution in [0.1, 0.15) is 11.3 Å². The molecule has 5 nitrogen and oxygen atoms in total. The Bertz CT molecular complexity index is 1030. The average Bonchev–Trinajstić information content (AvgIpc) is 2.67. The molecule has 2 aromatic heterocycles. The van der Waals surface area contributed by atoms with Gasteiger partial charge in [0.25, 0.3) is 0 Å². The maximum Gasteiger partial charge on any atom is 0.229 e. The van der Waals surface area contributed by atoms with Gasteiger partial charge in [0.05, 0.1) is 5.52 Å². The van der Waals surface area contributed by atoms with Gasteiger partial charge in [0.2, 0.25) is 5.95 Å². The van der Waals surface area contributed by atoms with Crippen molar-refractivity contribution in [3.8, 4) is 0 Å². The first-order valence-electron chi connectivity index (χ1n) is 8.51. The van der Waals surface area contributed by atoms with Crippen LogP contribution in [0.15, 0.2) is 72.9 Å². The molecule has 26 heavy (non-hydrogen) atoms. The van der Waals surface area contributed by atoms with E-state index >= 15 is 0 Å². The van der Waals surface area contributed by atoms with E-state index in [0.717, 1.165) is 34.6 Å². The Morgan fingerprint density at radius 2 is 1.77 bits per heavy atom. The highest BCUT2D eigenvalue weighted by atomic mass is 15.1. The molecule has 2 N–H and O–H groups in total. The summed E-state index contributed by atoms with van der Waals surface area (Å²) in [5.74, 6) is 1.37. The lowest BCUT2D eigenvalue weighted by Crippen LogP contribution is -2.05. The van der Waals surface area contributed by atoms with Crippen molar-refractivity contribution in [3.05, 3.63) is 84.2 Å². The molecule has 0 saturated carbocycles. The van der Waals surface area contributed by atoms with Crippen LogP contribution in [0.2, 0.25) is 0 Å². The summed E-state index contributed by atoms with van der Waals surface area (Å²) in [6.07, 6.45) is 1.80. The minimum absolute atomic E-state index is 0.573. The fraction of sp³-hybridized carbons (Fsp3) is 0.0952. The summed E-state index contributed by atoms with van der Waals surface area (Å²) in [5.41, 5.74) is 4.01. The van der Waals surface area contributed by atoms with Gasteiger partial charge in [-0.25, -0.2) is 4.98 Å². The molecule has 5 heteroatoms. The summed E-state index contributed by atoms with van der Waals surface area (Å²) in [7, 11) is 0. The van der Waals surface area contributed by atoms with E-state index in [1.807, 2.05) is 61.5 Å². The van der Waals surface area contributed by atoms with Crippen LogP contribution in [0.5, 0.6) is 0 Å². The highest BCUT2D eigenvalue weighted by Gasteiger charge is 2.04. The second-order valence-corrected chi connectivity index (χ2v) is 6.09. The first kappa shape index (κ1) is 16.0. The molecule has 0 aliphatic rings. The standard InChI is InChI=1S/C21H19N5/c1-15-12-20(23-14-16-6-3-2-4-7-16)26-21(24-15)25-18-9-10-19-17(13-18)8-5-11-22-19/h2-13H,14H2,1H3,(H2,23,24,25,26). The number of hydrogen-bond acceptors (Lipinski definition) is 5. The van der Waals surface area contributed by atoms with Gasteiger partial charge >= 0.3 is 0 Å². The molecule has 4 rings (SSSR count). The van der Waals surface area contributed by atoms with E-state index in [2.05, 4.69) is 37.7 Å². The van der Waals surface area contributed by atoms with Crippen LogP contribution < -0.4 is 10.6 Å². The molecule has 2 aromatic carbocycles. The van der Waals surface area contributed by atoms with E-state index < -0.39 is 0 Å². The number of aryl methyl sites for hydroxylation is 1. The maximum atomic E-state index is 4.58. The summed E-state index contributed by atoms with van der Waals surface area (Å²) in [5, 5.41) is 7.72. The Kier molecular flexibility index (Phi) is 4.43. The third kappa shape index (κ3) is 3.78. The van der Waals surface area contributed by atoms with Gasteiger partial charge in [-0.2, -0.15) is 4.98 Å². The lowest BCUT2D eigenvalue weighted by Gasteiger charge is -2.10. The van der Waals surface area contributed by atoms with Crippen molar-refractivity contribution in [1.82, 2.24) is 15.0 Å². The van der Waals surface area contributed by atoms with Gasteiger partial charge in [-0.05, 0) is 36.8 Å². The molecular formula is C21H19N5. The van der Waals surface area contributed by atoms with Crippen molar-refractivity contribution in [2.75, 3.05) is 10.6 Å². The predicted molar refractivity (Wildman–Crippen MR) is 106 cm³/mol. The van der Waals surface area contributed by atoms with E-state index in [1.54, 1.807) is 6.20 Å². The molecule has 0 bridgehead atoms. The lowest BCUT2D eigenvalue weighted by molar-refractivity contribution is 1.06. The lowest BCUT2D eigenvalue weighted by atomic mass is 10.2. The number of nitrogens with one attached hydrogen (secondary N) is 2. The zero-order chi connectivity index (χ0) is 17.8. The van der Waals surface area contributed by atoms with E-state index in [4.69, 9.17) is 0 Å². The van der Waals surface area contributed by atoms with Crippen molar-refractivity contribution in [3.63, 3.8) is 0 Å². The first-order valence-corrected chi connectivity index (χ1v) is 8.51. The number of aromatic nitrogens is 3. The highest BCUT2D eigenvalue weighted by Crippen LogP contribution is 2.20. The van der Waals surface area contributed by atoms with Crippen LogP contribution in [0, 0.1) is 6.92 Å². The topological polar surface area (TPSA) is 62.7 Å². The van der Waals surface area contributed by atoms with Gasteiger partial charge in [-0.1, -0.05) is 36.4 Å². The number of anilines is 3. The molecule has 0 radical (unpaired) electrons. The van der Waals surface area contributed by atoms with E-state index in [0.29, 0.717) is 5.95 Å². The number of benzene rings is 2. The summed E-state index contributed by atoms with van der Waals surface area (Å²) in [4.78, 5) is 13.4. The Labute approximate surface area is 152 Å². The molecule has 0 amide bonds. The number of pyridine rings is 1. The van der Waals surface area contributed by atoms with Gasteiger partial charge in [-0.3, -0.25) is 4.98 Å². The molecular weight excluding hydrogens is 322 g/mol. The third-order valence-electron chi connectivity index (χ3n) is 4.03. The molecule has 0 saturated heterocycles. The van der Waals surface area contributed by atoms with Crippen molar-refractivity contribution in [1.29, 1.82) is 0 Å². The van der Waals surface area contributed by atoms with Gasteiger partial charge in [-0.15, -0.1) is 0 Å². The number of fused-ring (bicyclic) bond motifs is 1. The van der Waals surface area contributed by atoms with Crippen LogP contribution in [0.4, 0.5) is 17.5 Å². The summed E-state index contributed by atoms with van der Waals surface area (Å²) >= 11 is 0. The SMILES string of the molecule is Cc1cc(NCc2ccccc2)nc(Nc2ccc3ncccc3c2)n1. The third-order valence-corrected chi connectivity index (χ3v) is 4.03. The zero-order valence-electron chi connectivity index (χ0n) is 14.5. The van der Waals surface area contributed by atoms with Gasteiger partial charge in [0.1, 0.15) is 5.82 Å². The van der Waals surface area contributed by atoms with Crippen molar-refractivity contribution < 1.29 is 0 Å². The Balaban J connectivity index is 1.53. The highest BCUT2D eigenvalue weighted by molar-refractivity contribution is 5.82. The summed E-state index contributed by atoms with van der Waals surface area (Å²) in [6, 6.07) is 22.2. The largest absolute Gasteiger partial charge is 0.366 e. The smallest absolute Gasteiger partial charge is 0.229 e. The minimum atomic E-state index is 0.573. The van der Waals surface area contributed by atoms with Gasteiger partial charge in [0.15, 0.2) is 0 Å². The Morgan fingerprint density at radius 3 is 2.65 bits per heavy atom. The second kappa shape index (κ2) is 7.19. The van der Waals surface area contributed by atoms with Crippen molar-refractivity contribution in [2.24, 2.45) is 0 Å². The molecule has 2 heterocycles. The van der Waals surface area contributed by atoms with E-state index in [9.17, 15) is 0 Å². The molecule has 128 valence electrons. The normalized spacial score (nSPS) is 10.7. The molecule has 0 aliphatic heterocycles. The molecule has 0 unspecified atom stereocenters. The van der Waals surface area contributed by atoms with Crippen molar-refractivity contribution in [2.45, 2.75) is 13.5 Å². The predicted octanol–water partition coefficient (Wildman–Crippen LogP) is 4.69. The quantitative estimate of drug-likeness (QED) is 0.551. The summed E-state index contributed by atoms with van der Waals surface area (Å²) in [6.45, 7) is 2.68. The Hall–Kier alpha value is -3.47. The van der Waals surface area contributed by atoms with Crippen molar-refractivity contribution >= 4 is 28.4 Å². The minimum Gasteiger partial charge on any atom is -0.366 e. The first-order chi connectivity index (χ1) is 12.8. The van der Waals surface area contributed by atoms with Crippen LogP contribution in [-0.4, -0.2) is 15.0 Å². The van der Waals surface area contributed by atoms with E-state index in [-0.39, 0.29) is 0 Å². The monoisotopic (exact) mass is 341 g/mol. The van der Waals surface area contributed by atoms with E-state index in [1.165, 1.54) is 5.56 Å². The van der Waals surface area contributed by atoms with Gasteiger partial charge in [0, 0.05) is 35.6 Å². The molecule has 0 aliphatic carbocycles. The average molecular weight is 341 g/mol. The molecule has 0 atom stereocenters. The second-order valence-electron chi connectivity index (χ2n) is 6.09. The fourth-order valence-electron chi connectivity index (χ4n) is 2.79. The molecule has 4 aromatic rings. The van der Waals surface area contributed by atoms with Crippen LogP contribution in [-0.2, 0) is 6.54 Å². The molecule has 0 spiro atoms. The maximum absolute atomic E-state index is 4.58. The zero-order valence-corrected chi connectivity index (χ0v) is 14.5.